The predicted molar refractivity (Wildman–Crippen MR) is 110 cm³/mol. The smallest absolute Gasteiger partial charge is 0.341 e. The van der Waals surface area contributed by atoms with Gasteiger partial charge in [-0.3, -0.25) is 0 Å². The molecule has 0 spiro atoms. The predicted octanol–water partition coefficient (Wildman–Crippen LogP) is 4.15. The van der Waals surface area contributed by atoms with Gasteiger partial charge in [0.1, 0.15) is 23.5 Å². The van der Waals surface area contributed by atoms with Crippen molar-refractivity contribution in [2.45, 2.75) is 20.5 Å². The van der Waals surface area contributed by atoms with Crippen LogP contribution in [0.25, 0.3) is 16.5 Å². The van der Waals surface area contributed by atoms with Crippen LogP contribution >= 0.6 is 0 Å². The van der Waals surface area contributed by atoms with E-state index in [1.165, 1.54) is 20.5 Å². The van der Waals surface area contributed by atoms with Crippen molar-refractivity contribution in [3.63, 3.8) is 0 Å². The van der Waals surface area contributed by atoms with E-state index in [0.717, 1.165) is 16.5 Å². The molecule has 0 aliphatic heterocycles. The van der Waals surface area contributed by atoms with E-state index < -0.39 is 5.97 Å². The van der Waals surface area contributed by atoms with E-state index in [4.69, 9.17) is 18.6 Å². The molecule has 1 heterocycles. The number of carbonyl (C=O) groups is 1. The first-order valence-electron chi connectivity index (χ1n) is 9.02. The summed E-state index contributed by atoms with van der Waals surface area (Å²) in [6.07, 6.45) is 1.36. The molecule has 0 aliphatic carbocycles. The quantitative estimate of drug-likeness (QED) is 0.271. The molecule has 29 heavy (non-hydrogen) atoms. The second-order valence-electron chi connectivity index (χ2n) is 6.50. The van der Waals surface area contributed by atoms with Crippen LogP contribution in [0.15, 0.2) is 57.9 Å². The van der Waals surface area contributed by atoms with E-state index in [1.807, 2.05) is 37.3 Å². The van der Waals surface area contributed by atoms with Crippen LogP contribution < -0.4 is 10.4 Å². The van der Waals surface area contributed by atoms with Crippen molar-refractivity contribution in [2.75, 3.05) is 14.2 Å². The Labute approximate surface area is 168 Å². The average Bonchev–Trinajstić information content (AvgIpc) is 2.74. The normalized spacial score (nSPS) is 11.4. The van der Waals surface area contributed by atoms with Gasteiger partial charge in [-0.05, 0) is 48.7 Å². The summed E-state index contributed by atoms with van der Waals surface area (Å²) in [5, 5.41) is 0.822. The first kappa shape index (κ1) is 20.2. The molecule has 0 saturated heterocycles. The minimum absolute atomic E-state index is 0.231. The zero-order valence-corrected chi connectivity index (χ0v) is 16.8. The number of fused-ring (bicyclic) bond motifs is 1. The Morgan fingerprint density at radius 2 is 1.83 bits per heavy atom. The van der Waals surface area contributed by atoms with Crippen molar-refractivity contribution in [1.29, 1.82) is 0 Å². The molecular weight excluding hydrogens is 372 g/mol. The Bertz CT molecular complexity index is 1140. The molecule has 3 rings (SSSR count). The number of ether oxygens (including phenoxy) is 3. The van der Waals surface area contributed by atoms with Crippen molar-refractivity contribution in [1.82, 2.24) is 0 Å². The van der Waals surface area contributed by atoms with Gasteiger partial charge in [0.25, 0.3) is 0 Å². The lowest BCUT2D eigenvalue weighted by Crippen LogP contribution is -2.08. The van der Waals surface area contributed by atoms with E-state index in [9.17, 15) is 9.59 Å². The van der Waals surface area contributed by atoms with Crippen molar-refractivity contribution in [3.8, 4) is 5.75 Å². The summed E-state index contributed by atoms with van der Waals surface area (Å²) in [5.74, 6) is 0.130. The van der Waals surface area contributed by atoms with Gasteiger partial charge >= 0.3 is 11.6 Å². The SMILES string of the molecule is CO/C=C(/C(=O)OC)c1ccccc1COc1ccc2oc(=O)c(C)c(C)c2c1. The third-order valence-corrected chi connectivity index (χ3v) is 4.77. The van der Waals surface area contributed by atoms with Crippen LogP contribution in [0.5, 0.6) is 5.75 Å². The highest BCUT2D eigenvalue weighted by Gasteiger charge is 2.17. The second-order valence-corrected chi connectivity index (χ2v) is 6.50. The van der Waals surface area contributed by atoms with Crippen LogP contribution in [0.2, 0.25) is 0 Å². The molecule has 0 amide bonds. The monoisotopic (exact) mass is 394 g/mol. The Kier molecular flexibility index (Phi) is 6.02. The van der Waals surface area contributed by atoms with E-state index in [-0.39, 0.29) is 12.2 Å². The molecule has 0 fully saturated rings. The number of carbonyl (C=O) groups excluding carboxylic acids is 1. The summed E-state index contributed by atoms with van der Waals surface area (Å²) in [6.45, 7) is 3.85. The Morgan fingerprint density at radius 3 is 2.55 bits per heavy atom. The molecule has 2 aromatic carbocycles. The molecule has 0 aliphatic rings. The molecule has 6 nitrogen and oxygen atoms in total. The van der Waals surface area contributed by atoms with Crippen LogP contribution in [0.3, 0.4) is 0 Å². The molecule has 0 saturated carbocycles. The van der Waals surface area contributed by atoms with Gasteiger partial charge in [-0.15, -0.1) is 0 Å². The summed E-state index contributed by atoms with van der Waals surface area (Å²) in [7, 11) is 2.79. The maximum atomic E-state index is 12.1. The van der Waals surface area contributed by atoms with E-state index >= 15 is 0 Å². The largest absolute Gasteiger partial charge is 0.503 e. The van der Waals surface area contributed by atoms with Gasteiger partial charge in [-0.2, -0.15) is 0 Å². The highest BCUT2D eigenvalue weighted by Crippen LogP contribution is 2.26. The van der Waals surface area contributed by atoms with Crippen LogP contribution in [0, 0.1) is 13.8 Å². The highest BCUT2D eigenvalue weighted by molar-refractivity contribution is 6.16. The maximum Gasteiger partial charge on any atom is 0.341 e. The van der Waals surface area contributed by atoms with Crippen LogP contribution in [-0.4, -0.2) is 20.2 Å². The number of esters is 1. The van der Waals surface area contributed by atoms with E-state index in [2.05, 4.69) is 0 Å². The minimum atomic E-state index is -0.494. The van der Waals surface area contributed by atoms with Crippen molar-refractivity contribution in [2.24, 2.45) is 0 Å². The summed E-state index contributed by atoms with van der Waals surface area (Å²) in [4.78, 5) is 24.0. The number of rotatable bonds is 6. The van der Waals surface area contributed by atoms with E-state index in [0.29, 0.717) is 28.0 Å². The Hall–Kier alpha value is -3.54. The topological polar surface area (TPSA) is 75.0 Å². The Morgan fingerprint density at radius 1 is 1.07 bits per heavy atom. The van der Waals surface area contributed by atoms with Crippen LogP contribution in [0.4, 0.5) is 0 Å². The number of hydrogen-bond acceptors (Lipinski definition) is 6. The summed E-state index contributed by atoms with van der Waals surface area (Å²) in [5.41, 5.74) is 3.39. The van der Waals surface area contributed by atoms with Crippen molar-refractivity contribution >= 4 is 22.5 Å². The molecule has 0 N–H and O–H groups in total. The summed E-state index contributed by atoms with van der Waals surface area (Å²) >= 11 is 0. The third-order valence-electron chi connectivity index (χ3n) is 4.77. The maximum absolute atomic E-state index is 12.1. The number of aryl methyl sites for hydroxylation is 1. The summed E-state index contributed by atoms with van der Waals surface area (Å²) < 4.78 is 21.2. The van der Waals surface area contributed by atoms with Gasteiger partial charge < -0.3 is 18.6 Å². The lowest BCUT2D eigenvalue weighted by molar-refractivity contribution is -0.133. The standard InChI is InChI=1S/C23H22O6/c1-14-15(2)22(24)29-21-10-9-17(11-19(14)21)28-12-16-7-5-6-8-18(16)20(13-26-3)23(25)27-4/h5-11,13H,12H2,1-4H3/b20-13+. The van der Waals surface area contributed by atoms with Gasteiger partial charge in [-0.1, -0.05) is 24.3 Å². The number of hydrogen-bond donors (Lipinski definition) is 0. The lowest BCUT2D eigenvalue weighted by atomic mass is 10.0. The fourth-order valence-corrected chi connectivity index (χ4v) is 3.03. The van der Waals surface area contributed by atoms with Gasteiger partial charge in [0.05, 0.1) is 20.5 Å². The molecule has 6 heteroatoms. The highest BCUT2D eigenvalue weighted by atomic mass is 16.5. The number of benzene rings is 2. The van der Waals surface area contributed by atoms with Crippen LogP contribution in [-0.2, 0) is 20.9 Å². The summed E-state index contributed by atoms with van der Waals surface area (Å²) in [6, 6.07) is 12.7. The molecule has 1 aromatic heterocycles. The second kappa shape index (κ2) is 8.65. The minimum Gasteiger partial charge on any atom is -0.503 e. The van der Waals surface area contributed by atoms with Gasteiger partial charge in [0.15, 0.2) is 0 Å². The zero-order chi connectivity index (χ0) is 21.0. The van der Waals surface area contributed by atoms with Gasteiger partial charge in [0.2, 0.25) is 0 Å². The molecule has 150 valence electrons. The average molecular weight is 394 g/mol. The molecular formula is C23H22O6. The molecule has 3 aromatic rings. The fourth-order valence-electron chi connectivity index (χ4n) is 3.03. The first-order valence-corrected chi connectivity index (χ1v) is 9.02. The molecule has 0 radical (unpaired) electrons. The molecule has 0 atom stereocenters. The lowest BCUT2D eigenvalue weighted by Gasteiger charge is -2.13. The fraction of sp³-hybridized carbons (Fsp3) is 0.217. The van der Waals surface area contributed by atoms with Crippen LogP contribution in [0.1, 0.15) is 22.3 Å². The third kappa shape index (κ3) is 4.16. The van der Waals surface area contributed by atoms with Crippen molar-refractivity contribution in [3.05, 3.63) is 81.4 Å². The molecule has 0 bridgehead atoms. The van der Waals surface area contributed by atoms with Gasteiger partial charge in [-0.25, -0.2) is 9.59 Å². The first-order chi connectivity index (χ1) is 14.0. The van der Waals surface area contributed by atoms with Crippen molar-refractivity contribution < 1.29 is 23.4 Å². The van der Waals surface area contributed by atoms with Gasteiger partial charge in [0, 0.05) is 10.9 Å². The Balaban J connectivity index is 1.92. The number of methoxy groups -OCH3 is 2. The zero-order valence-electron chi connectivity index (χ0n) is 16.8. The van der Waals surface area contributed by atoms with E-state index in [1.54, 1.807) is 19.1 Å². The molecule has 0 unspecified atom stereocenters.